The Hall–Kier alpha value is 0.210. The standard InChI is InChI=1S/C11H19ClO2/c1-11(2)9(12)6-10(11)14-7-8-4-3-5-13-8/h8-10H,3-7H2,1-2H3. The number of halogens is 1. The molecule has 3 atom stereocenters. The Morgan fingerprint density at radius 2 is 2.29 bits per heavy atom. The Morgan fingerprint density at radius 3 is 2.79 bits per heavy atom. The molecule has 0 amide bonds. The summed E-state index contributed by atoms with van der Waals surface area (Å²) in [4.78, 5) is 0. The molecule has 0 bridgehead atoms. The van der Waals surface area contributed by atoms with E-state index in [4.69, 9.17) is 21.1 Å². The summed E-state index contributed by atoms with van der Waals surface area (Å²) in [6.07, 6.45) is 3.98. The largest absolute Gasteiger partial charge is 0.376 e. The maximum Gasteiger partial charge on any atom is 0.0809 e. The lowest BCUT2D eigenvalue weighted by Gasteiger charge is -2.48. The lowest BCUT2D eigenvalue weighted by Crippen LogP contribution is -2.52. The fourth-order valence-corrected chi connectivity index (χ4v) is 2.42. The van der Waals surface area contributed by atoms with E-state index in [0.717, 1.165) is 26.1 Å². The summed E-state index contributed by atoms with van der Waals surface area (Å²) in [5.74, 6) is 0. The fourth-order valence-electron chi connectivity index (χ4n) is 2.12. The zero-order valence-corrected chi connectivity index (χ0v) is 9.72. The average molecular weight is 219 g/mol. The predicted molar refractivity (Wildman–Crippen MR) is 56.8 cm³/mol. The Morgan fingerprint density at radius 1 is 1.50 bits per heavy atom. The molecular weight excluding hydrogens is 200 g/mol. The van der Waals surface area contributed by atoms with Gasteiger partial charge in [-0.3, -0.25) is 0 Å². The zero-order valence-electron chi connectivity index (χ0n) is 8.96. The normalized spacial score (nSPS) is 40.9. The number of alkyl halides is 1. The van der Waals surface area contributed by atoms with Crippen molar-refractivity contribution < 1.29 is 9.47 Å². The van der Waals surface area contributed by atoms with Crippen molar-refractivity contribution in [1.82, 2.24) is 0 Å². The Balaban J connectivity index is 1.71. The van der Waals surface area contributed by atoms with Gasteiger partial charge in [-0.25, -0.2) is 0 Å². The minimum absolute atomic E-state index is 0.139. The second-order valence-electron chi connectivity index (χ2n) is 4.98. The maximum atomic E-state index is 6.12. The van der Waals surface area contributed by atoms with Crippen molar-refractivity contribution in [3.63, 3.8) is 0 Å². The summed E-state index contributed by atoms with van der Waals surface area (Å²) in [6.45, 7) is 6.00. The van der Waals surface area contributed by atoms with Gasteiger partial charge in [0.15, 0.2) is 0 Å². The van der Waals surface area contributed by atoms with Gasteiger partial charge in [-0.2, -0.15) is 0 Å². The summed E-state index contributed by atoms with van der Waals surface area (Å²) in [6, 6.07) is 0. The van der Waals surface area contributed by atoms with Crippen molar-refractivity contribution in [2.24, 2.45) is 5.41 Å². The average Bonchev–Trinajstić information content (AvgIpc) is 2.64. The van der Waals surface area contributed by atoms with E-state index in [0.29, 0.717) is 12.2 Å². The van der Waals surface area contributed by atoms with Crippen molar-refractivity contribution in [3.8, 4) is 0 Å². The van der Waals surface area contributed by atoms with Gasteiger partial charge in [-0.05, 0) is 19.3 Å². The van der Waals surface area contributed by atoms with Crippen molar-refractivity contribution >= 4 is 11.6 Å². The van der Waals surface area contributed by atoms with Crippen LogP contribution in [0.4, 0.5) is 0 Å². The molecule has 1 aliphatic carbocycles. The van der Waals surface area contributed by atoms with Crippen LogP contribution in [-0.4, -0.2) is 30.8 Å². The van der Waals surface area contributed by atoms with Crippen LogP contribution in [0.1, 0.15) is 33.1 Å². The van der Waals surface area contributed by atoms with E-state index in [-0.39, 0.29) is 10.8 Å². The van der Waals surface area contributed by atoms with E-state index in [1.54, 1.807) is 0 Å². The molecule has 2 aliphatic rings. The van der Waals surface area contributed by atoms with E-state index < -0.39 is 0 Å². The quantitative estimate of drug-likeness (QED) is 0.678. The van der Waals surface area contributed by atoms with Crippen molar-refractivity contribution in [3.05, 3.63) is 0 Å². The van der Waals surface area contributed by atoms with E-state index in [1.165, 1.54) is 6.42 Å². The number of hydrogen-bond acceptors (Lipinski definition) is 2. The highest BCUT2D eigenvalue weighted by Crippen LogP contribution is 2.46. The maximum absolute atomic E-state index is 6.12. The third-order valence-electron chi connectivity index (χ3n) is 3.57. The molecule has 0 radical (unpaired) electrons. The van der Waals surface area contributed by atoms with Crippen LogP contribution in [0.25, 0.3) is 0 Å². The van der Waals surface area contributed by atoms with Gasteiger partial charge in [0, 0.05) is 17.4 Å². The zero-order chi connectivity index (χ0) is 10.2. The van der Waals surface area contributed by atoms with Gasteiger partial charge in [0.1, 0.15) is 0 Å². The van der Waals surface area contributed by atoms with Crippen LogP contribution in [0.3, 0.4) is 0 Å². The highest BCUT2D eigenvalue weighted by atomic mass is 35.5. The lowest BCUT2D eigenvalue weighted by molar-refractivity contribution is -0.113. The minimum Gasteiger partial charge on any atom is -0.376 e. The molecular formula is C11H19ClO2. The van der Waals surface area contributed by atoms with Gasteiger partial charge < -0.3 is 9.47 Å². The van der Waals surface area contributed by atoms with Crippen LogP contribution in [0.5, 0.6) is 0 Å². The molecule has 3 heteroatoms. The number of hydrogen-bond donors (Lipinski definition) is 0. The van der Waals surface area contributed by atoms with Crippen LogP contribution in [0.2, 0.25) is 0 Å². The van der Waals surface area contributed by atoms with Crippen molar-refractivity contribution in [1.29, 1.82) is 0 Å². The minimum atomic E-state index is 0.139. The van der Waals surface area contributed by atoms with Crippen LogP contribution < -0.4 is 0 Å². The third kappa shape index (κ3) is 1.93. The molecule has 0 aromatic carbocycles. The summed E-state index contributed by atoms with van der Waals surface area (Å²) in [7, 11) is 0. The highest BCUT2D eigenvalue weighted by molar-refractivity contribution is 6.21. The van der Waals surface area contributed by atoms with Crippen molar-refractivity contribution in [2.75, 3.05) is 13.2 Å². The Kier molecular flexibility index (Phi) is 3.06. The SMILES string of the molecule is CC1(C)C(Cl)CC1OCC1CCCO1. The first kappa shape index (κ1) is 10.7. The lowest BCUT2D eigenvalue weighted by atomic mass is 9.68. The van der Waals surface area contributed by atoms with E-state index >= 15 is 0 Å². The molecule has 0 aromatic heterocycles. The van der Waals surface area contributed by atoms with Gasteiger partial charge >= 0.3 is 0 Å². The Bertz CT molecular complexity index is 199. The molecule has 1 saturated carbocycles. The van der Waals surface area contributed by atoms with Gasteiger partial charge in [0.25, 0.3) is 0 Å². The Labute approximate surface area is 90.9 Å². The molecule has 0 aromatic rings. The van der Waals surface area contributed by atoms with Crippen LogP contribution in [0, 0.1) is 5.41 Å². The van der Waals surface area contributed by atoms with E-state index in [9.17, 15) is 0 Å². The number of rotatable bonds is 3. The molecule has 1 aliphatic heterocycles. The third-order valence-corrected chi connectivity index (χ3v) is 4.31. The molecule has 2 nitrogen and oxygen atoms in total. The van der Waals surface area contributed by atoms with Gasteiger partial charge in [-0.15, -0.1) is 11.6 Å². The second kappa shape index (κ2) is 3.99. The van der Waals surface area contributed by atoms with Gasteiger partial charge in [0.05, 0.1) is 18.8 Å². The molecule has 0 N–H and O–H groups in total. The monoisotopic (exact) mass is 218 g/mol. The molecule has 14 heavy (non-hydrogen) atoms. The van der Waals surface area contributed by atoms with E-state index in [1.807, 2.05) is 0 Å². The van der Waals surface area contributed by atoms with Crippen LogP contribution in [0.15, 0.2) is 0 Å². The van der Waals surface area contributed by atoms with Crippen molar-refractivity contribution in [2.45, 2.75) is 50.7 Å². The van der Waals surface area contributed by atoms with Gasteiger partial charge in [-0.1, -0.05) is 13.8 Å². The smallest absolute Gasteiger partial charge is 0.0809 e. The summed E-state index contributed by atoms with van der Waals surface area (Å²) < 4.78 is 11.3. The van der Waals surface area contributed by atoms with Crippen LogP contribution >= 0.6 is 11.6 Å². The van der Waals surface area contributed by atoms with E-state index in [2.05, 4.69) is 13.8 Å². The molecule has 1 heterocycles. The molecule has 1 saturated heterocycles. The second-order valence-corrected chi connectivity index (χ2v) is 5.51. The highest BCUT2D eigenvalue weighted by Gasteiger charge is 2.48. The molecule has 0 spiro atoms. The molecule has 2 fully saturated rings. The predicted octanol–water partition coefficient (Wildman–Crippen LogP) is 2.59. The first-order chi connectivity index (χ1) is 6.60. The summed E-state index contributed by atoms with van der Waals surface area (Å²) >= 11 is 6.12. The van der Waals surface area contributed by atoms with Gasteiger partial charge in [0.2, 0.25) is 0 Å². The molecule has 2 rings (SSSR count). The summed E-state index contributed by atoms with van der Waals surface area (Å²) in [5, 5.41) is 0.275. The summed E-state index contributed by atoms with van der Waals surface area (Å²) in [5.41, 5.74) is 0.139. The molecule has 82 valence electrons. The van der Waals surface area contributed by atoms with Crippen LogP contribution in [-0.2, 0) is 9.47 Å². The molecule has 3 unspecified atom stereocenters. The number of ether oxygens (including phenoxy) is 2. The topological polar surface area (TPSA) is 18.5 Å². The first-order valence-corrected chi connectivity index (χ1v) is 5.91. The first-order valence-electron chi connectivity index (χ1n) is 5.48. The fraction of sp³-hybridized carbons (Fsp3) is 1.00.